The van der Waals surface area contributed by atoms with Crippen LogP contribution in [-0.4, -0.2) is 32.9 Å². The molecule has 1 heterocycles. The second kappa shape index (κ2) is 7.97. The molecule has 0 saturated heterocycles. The molecule has 0 aliphatic rings. The van der Waals surface area contributed by atoms with E-state index in [1.165, 1.54) is 12.1 Å². The Hall–Kier alpha value is -2.94. The van der Waals surface area contributed by atoms with E-state index >= 15 is 0 Å². The van der Waals surface area contributed by atoms with Gasteiger partial charge in [0.2, 0.25) is 0 Å². The van der Waals surface area contributed by atoms with Gasteiger partial charge in [0.25, 0.3) is 0 Å². The largest absolute Gasteiger partial charge is 0.478 e. The second-order valence-electron chi connectivity index (χ2n) is 6.28. The molecule has 2 N–H and O–H groups in total. The highest BCUT2D eigenvalue weighted by Gasteiger charge is 2.15. The predicted molar refractivity (Wildman–Crippen MR) is 116 cm³/mol. The van der Waals surface area contributed by atoms with E-state index in [9.17, 15) is 19.8 Å². The van der Waals surface area contributed by atoms with E-state index in [4.69, 9.17) is 0 Å². The van der Waals surface area contributed by atoms with Gasteiger partial charge < -0.3 is 14.8 Å². The van der Waals surface area contributed by atoms with Gasteiger partial charge in [-0.15, -0.1) is 0 Å². The molecule has 0 atom stereocenters. The Bertz CT molecular complexity index is 1080. The Labute approximate surface area is 175 Å². The van der Waals surface area contributed by atoms with E-state index in [1.54, 1.807) is 6.21 Å². The van der Waals surface area contributed by atoms with Gasteiger partial charge in [-0.05, 0) is 78.9 Å². The number of aromatic carboxylic acids is 2. The Kier molecular flexibility index (Phi) is 5.64. The van der Waals surface area contributed by atoms with Crippen molar-refractivity contribution in [3.05, 3.63) is 80.2 Å². The lowest BCUT2D eigenvalue weighted by Gasteiger charge is -2.12. The SMILES string of the molecule is Cc1cc(C=Nc2cccc(I)c2)c(C)n1-c1cc(C(=O)O)cc(C(=O)O)c1. The average Bonchev–Trinajstić information content (AvgIpc) is 2.93. The smallest absolute Gasteiger partial charge is 0.335 e. The maximum Gasteiger partial charge on any atom is 0.335 e. The molecule has 0 aliphatic heterocycles. The first-order chi connectivity index (χ1) is 13.3. The molecule has 0 radical (unpaired) electrons. The van der Waals surface area contributed by atoms with Crippen molar-refractivity contribution < 1.29 is 19.8 Å². The number of carboxylic acid groups (broad SMARTS) is 2. The molecule has 0 amide bonds. The van der Waals surface area contributed by atoms with Gasteiger partial charge in [0, 0.05) is 32.4 Å². The maximum absolute atomic E-state index is 11.4. The highest BCUT2D eigenvalue weighted by molar-refractivity contribution is 14.1. The van der Waals surface area contributed by atoms with E-state index in [1.807, 2.05) is 48.7 Å². The lowest BCUT2D eigenvalue weighted by Crippen LogP contribution is -2.07. The summed E-state index contributed by atoms with van der Waals surface area (Å²) in [4.78, 5) is 27.3. The number of aliphatic imine (C=N–C) groups is 1. The number of halogens is 1. The van der Waals surface area contributed by atoms with Crippen LogP contribution in [0.2, 0.25) is 0 Å². The fourth-order valence-electron chi connectivity index (χ4n) is 3.00. The van der Waals surface area contributed by atoms with Gasteiger partial charge in [0.15, 0.2) is 0 Å². The van der Waals surface area contributed by atoms with E-state index in [2.05, 4.69) is 27.6 Å². The molecule has 2 aromatic carbocycles. The van der Waals surface area contributed by atoms with Crippen LogP contribution in [0.25, 0.3) is 5.69 Å². The molecule has 1 aromatic heterocycles. The minimum Gasteiger partial charge on any atom is -0.478 e. The number of aryl methyl sites for hydroxylation is 1. The molecule has 142 valence electrons. The average molecular weight is 488 g/mol. The first-order valence-corrected chi connectivity index (χ1v) is 9.45. The van der Waals surface area contributed by atoms with E-state index in [0.717, 1.165) is 32.3 Å². The minimum atomic E-state index is -1.17. The molecule has 0 unspecified atom stereocenters. The van der Waals surface area contributed by atoms with E-state index < -0.39 is 11.9 Å². The zero-order valence-electron chi connectivity index (χ0n) is 15.2. The highest BCUT2D eigenvalue weighted by Crippen LogP contribution is 2.23. The van der Waals surface area contributed by atoms with Crippen LogP contribution in [-0.2, 0) is 0 Å². The number of nitrogens with zero attached hydrogens (tertiary/aromatic N) is 2. The normalized spacial score (nSPS) is 11.1. The van der Waals surface area contributed by atoms with Crippen LogP contribution in [0, 0.1) is 17.4 Å². The van der Waals surface area contributed by atoms with E-state index in [-0.39, 0.29) is 11.1 Å². The van der Waals surface area contributed by atoms with Crippen molar-refractivity contribution in [1.82, 2.24) is 4.57 Å². The van der Waals surface area contributed by atoms with Gasteiger partial charge in [-0.25, -0.2) is 9.59 Å². The number of carbonyl (C=O) groups is 2. The zero-order chi connectivity index (χ0) is 20.4. The molecular formula is C21H17IN2O4. The molecule has 0 fully saturated rings. The summed E-state index contributed by atoms with van der Waals surface area (Å²) in [6, 6.07) is 13.8. The van der Waals surface area contributed by atoms with Gasteiger partial charge in [-0.3, -0.25) is 4.99 Å². The van der Waals surface area contributed by atoms with Crippen molar-refractivity contribution in [1.29, 1.82) is 0 Å². The third-order valence-corrected chi connectivity index (χ3v) is 4.97. The quantitative estimate of drug-likeness (QED) is 0.397. The Balaban J connectivity index is 2.07. The number of hydrogen-bond acceptors (Lipinski definition) is 3. The second-order valence-corrected chi connectivity index (χ2v) is 7.52. The number of carboxylic acids is 2. The lowest BCUT2D eigenvalue weighted by molar-refractivity contribution is 0.0696. The van der Waals surface area contributed by atoms with Crippen LogP contribution in [0.3, 0.4) is 0 Å². The van der Waals surface area contributed by atoms with Gasteiger partial charge >= 0.3 is 11.9 Å². The summed E-state index contributed by atoms with van der Waals surface area (Å²) in [6.07, 6.45) is 1.75. The van der Waals surface area contributed by atoms with Crippen molar-refractivity contribution in [2.75, 3.05) is 0 Å². The van der Waals surface area contributed by atoms with Crippen molar-refractivity contribution >= 4 is 46.4 Å². The zero-order valence-corrected chi connectivity index (χ0v) is 17.3. The number of aromatic nitrogens is 1. The fourth-order valence-corrected chi connectivity index (χ4v) is 3.53. The monoisotopic (exact) mass is 488 g/mol. The Morgan fingerprint density at radius 1 is 1.00 bits per heavy atom. The summed E-state index contributed by atoms with van der Waals surface area (Å²) in [5, 5.41) is 18.6. The molecule has 0 saturated carbocycles. The molecule has 7 heteroatoms. The lowest BCUT2D eigenvalue weighted by atomic mass is 10.1. The summed E-state index contributed by atoms with van der Waals surface area (Å²) in [7, 11) is 0. The molecule has 6 nitrogen and oxygen atoms in total. The van der Waals surface area contributed by atoms with Crippen molar-refractivity contribution in [3.63, 3.8) is 0 Å². The number of hydrogen-bond donors (Lipinski definition) is 2. The van der Waals surface area contributed by atoms with Crippen molar-refractivity contribution in [2.45, 2.75) is 13.8 Å². The number of rotatable bonds is 5. The van der Waals surface area contributed by atoms with Crippen molar-refractivity contribution in [3.8, 4) is 5.69 Å². The summed E-state index contributed by atoms with van der Waals surface area (Å²) in [6.45, 7) is 3.76. The summed E-state index contributed by atoms with van der Waals surface area (Å²) in [5.41, 5.74) is 3.73. The fraction of sp³-hybridized carbons (Fsp3) is 0.0952. The van der Waals surface area contributed by atoms with Gasteiger partial charge in [-0.1, -0.05) is 6.07 Å². The topological polar surface area (TPSA) is 91.9 Å². The van der Waals surface area contributed by atoms with E-state index in [0.29, 0.717) is 5.69 Å². The molecule has 0 bridgehead atoms. The molecule has 3 aromatic rings. The molecule has 0 aliphatic carbocycles. The van der Waals surface area contributed by atoms with Crippen LogP contribution < -0.4 is 0 Å². The Morgan fingerprint density at radius 2 is 1.64 bits per heavy atom. The van der Waals surface area contributed by atoms with Gasteiger partial charge in [0.05, 0.1) is 16.8 Å². The first kappa shape index (κ1) is 19.8. The highest BCUT2D eigenvalue weighted by atomic mass is 127. The molecule has 0 spiro atoms. The minimum absolute atomic E-state index is 0.0727. The molecular weight excluding hydrogens is 471 g/mol. The third kappa shape index (κ3) is 4.14. The van der Waals surface area contributed by atoms with Crippen molar-refractivity contribution in [2.24, 2.45) is 4.99 Å². The van der Waals surface area contributed by atoms with Crippen LogP contribution in [0.15, 0.2) is 53.5 Å². The predicted octanol–water partition coefficient (Wildman–Crippen LogP) is 4.85. The number of benzene rings is 2. The third-order valence-electron chi connectivity index (χ3n) is 4.30. The standard InChI is InChI=1S/C21H17IN2O4/c1-12-6-16(11-23-18-5-3-4-17(22)10-18)13(2)24(12)19-8-14(20(25)26)7-15(9-19)21(27)28/h3-11H,1-2H3,(H,25,26)(H,27,28). The summed E-state index contributed by atoms with van der Waals surface area (Å²) >= 11 is 2.23. The van der Waals surface area contributed by atoms with Crippen LogP contribution in [0.1, 0.15) is 37.7 Å². The Morgan fingerprint density at radius 3 is 2.21 bits per heavy atom. The van der Waals surface area contributed by atoms with Crippen LogP contribution in [0.4, 0.5) is 5.69 Å². The van der Waals surface area contributed by atoms with Crippen LogP contribution in [0.5, 0.6) is 0 Å². The van der Waals surface area contributed by atoms with Gasteiger partial charge in [0.1, 0.15) is 0 Å². The summed E-state index contributed by atoms with van der Waals surface area (Å²) < 4.78 is 2.92. The van der Waals surface area contributed by atoms with Crippen LogP contribution >= 0.6 is 22.6 Å². The molecule has 3 rings (SSSR count). The summed E-state index contributed by atoms with van der Waals surface area (Å²) in [5.74, 6) is -2.35. The van der Waals surface area contributed by atoms with Gasteiger partial charge in [-0.2, -0.15) is 0 Å². The first-order valence-electron chi connectivity index (χ1n) is 8.37. The molecule has 28 heavy (non-hydrogen) atoms. The maximum atomic E-state index is 11.4.